The van der Waals surface area contributed by atoms with Crippen LogP contribution in [0, 0.1) is 34.5 Å². The summed E-state index contributed by atoms with van der Waals surface area (Å²) >= 11 is 0. The summed E-state index contributed by atoms with van der Waals surface area (Å²) in [5.74, 6) is 1.20. The number of ketones is 2. The highest BCUT2D eigenvalue weighted by atomic mass is 16.7. The standard InChI is InChI=1S/C33H47NO5/c1-31-14-13-23(35)17-22(31)11-12-24-25-18-28-33(32(25,2)19-26(36)29(24)31,27(37)20-34-15-7-4-8-16-34)39-30(38-28)21-9-5-3-6-10-21/h11,13-14,21,24-26,28-30,36H,3-10,12,15-20H2,1-2H3/t24-,25-,26-,28+,29+,30+,31-,32-,33+/m0/s1. The van der Waals surface area contributed by atoms with Crippen molar-refractivity contribution in [1.29, 1.82) is 0 Å². The Bertz CT molecular complexity index is 1070. The third kappa shape index (κ3) is 3.87. The number of nitrogens with zero attached hydrogens (tertiary/aromatic N) is 1. The molecular formula is C33H47NO5. The van der Waals surface area contributed by atoms with E-state index in [4.69, 9.17) is 9.47 Å². The molecule has 5 aliphatic carbocycles. The Labute approximate surface area is 233 Å². The van der Waals surface area contributed by atoms with Crippen LogP contribution in [0.5, 0.6) is 0 Å². The lowest BCUT2D eigenvalue weighted by Gasteiger charge is -2.59. The maximum atomic E-state index is 14.6. The van der Waals surface area contributed by atoms with Gasteiger partial charge in [-0.05, 0) is 75.9 Å². The maximum Gasteiger partial charge on any atom is 0.181 e. The summed E-state index contributed by atoms with van der Waals surface area (Å²) in [6, 6.07) is 0. The second kappa shape index (κ2) is 9.61. The van der Waals surface area contributed by atoms with Crippen LogP contribution in [0.4, 0.5) is 0 Å². The van der Waals surface area contributed by atoms with Crippen molar-refractivity contribution in [2.24, 2.45) is 34.5 Å². The number of Topliss-reactive ketones (excluding diaryl/α,β-unsaturated/α-hetero) is 1. The SMILES string of the molecule is C[C@]12C=CC(=O)CC1=CC[C@@H]1[C@@H]2[C@@H](O)C[C@@]2(C)[C@H]1C[C@H]1O[C@@H](C3CCCCC3)O[C@]12C(=O)CN1CCCCC1. The predicted octanol–water partition coefficient (Wildman–Crippen LogP) is 4.99. The van der Waals surface area contributed by atoms with E-state index < -0.39 is 17.1 Å². The molecule has 2 aliphatic heterocycles. The molecule has 0 unspecified atom stereocenters. The molecule has 0 bridgehead atoms. The van der Waals surface area contributed by atoms with E-state index in [1.807, 2.05) is 0 Å². The molecule has 39 heavy (non-hydrogen) atoms. The van der Waals surface area contributed by atoms with Gasteiger partial charge in [0, 0.05) is 29.1 Å². The van der Waals surface area contributed by atoms with Crippen LogP contribution in [0.15, 0.2) is 23.8 Å². The van der Waals surface area contributed by atoms with Gasteiger partial charge in [-0.1, -0.05) is 57.3 Å². The number of aliphatic hydroxyl groups excluding tert-OH is 1. The lowest BCUT2D eigenvalue weighted by atomic mass is 9.47. The van der Waals surface area contributed by atoms with Crippen LogP contribution in [-0.2, 0) is 19.1 Å². The minimum atomic E-state index is -0.994. The zero-order valence-electron chi connectivity index (χ0n) is 23.9. The molecule has 0 amide bonds. The maximum absolute atomic E-state index is 14.6. The number of ether oxygens (including phenoxy) is 2. The Hall–Kier alpha value is -1.34. The minimum absolute atomic E-state index is 0.0436. The quantitative estimate of drug-likeness (QED) is 0.509. The van der Waals surface area contributed by atoms with E-state index in [2.05, 4.69) is 30.9 Å². The molecule has 1 N–H and O–H groups in total. The van der Waals surface area contributed by atoms with Gasteiger partial charge in [-0.15, -0.1) is 0 Å². The van der Waals surface area contributed by atoms with E-state index >= 15 is 0 Å². The van der Waals surface area contributed by atoms with Crippen molar-refractivity contribution in [3.63, 3.8) is 0 Å². The number of carbonyl (C=O) groups is 2. The molecule has 9 atom stereocenters. The average molecular weight is 538 g/mol. The lowest BCUT2D eigenvalue weighted by molar-refractivity contribution is -0.207. The van der Waals surface area contributed by atoms with E-state index in [0.717, 1.165) is 57.2 Å². The molecule has 0 aromatic rings. The first-order valence-electron chi connectivity index (χ1n) is 15.9. The highest BCUT2D eigenvalue weighted by Crippen LogP contribution is 2.69. The van der Waals surface area contributed by atoms with E-state index in [1.165, 1.54) is 25.7 Å². The van der Waals surface area contributed by atoms with E-state index in [0.29, 0.717) is 25.3 Å². The first kappa shape index (κ1) is 26.6. The Balaban J connectivity index is 1.25. The zero-order chi connectivity index (χ0) is 27.0. The third-order valence-electron chi connectivity index (χ3n) is 12.5. The normalized spacial score (nSPS) is 48.2. The van der Waals surface area contributed by atoms with E-state index in [1.54, 1.807) is 6.08 Å². The van der Waals surface area contributed by atoms with Crippen LogP contribution in [0.3, 0.4) is 0 Å². The molecular weight excluding hydrogens is 490 g/mol. The summed E-state index contributed by atoms with van der Waals surface area (Å²) in [5, 5.41) is 12.0. The topological polar surface area (TPSA) is 76.1 Å². The van der Waals surface area contributed by atoms with Gasteiger partial charge in [0.25, 0.3) is 0 Å². The number of hydrogen-bond donors (Lipinski definition) is 1. The smallest absolute Gasteiger partial charge is 0.181 e. The van der Waals surface area contributed by atoms with Gasteiger partial charge in [-0.2, -0.15) is 0 Å². The zero-order valence-corrected chi connectivity index (χ0v) is 23.9. The first-order chi connectivity index (χ1) is 18.8. The van der Waals surface area contributed by atoms with Gasteiger partial charge < -0.3 is 14.6 Å². The van der Waals surface area contributed by atoms with Crippen molar-refractivity contribution in [1.82, 2.24) is 4.90 Å². The number of fused-ring (bicyclic) bond motifs is 7. The Morgan fingerprint density at radius 1 is 1.10 bits per heavy atom. The van der Waals surface area contributed by atoms with Crippen LogP contribution in [0.25, 0.3) is 0 Å². The summed E-state index contributed by atoms with van der Waals surface area (Å²) in [5.41, 5.74) is -0.624. The minimum Gasteiger partial charge on any atom is -0.393 e. The molecule has 0 aromatic heterocycles. The number of likely N-dealkylation sites (tertiary alicyclic amines) is 1. The monoisotopic (exact) mass is 537 g/mol. The lowest BCUT2D eigenvalue weighted by Crippen LogP contribution is -2.64. The molecule has 5 fully saturated rings. The number of rotatable bonds is 4. The van der Waals surface area contributed by atoms with Gasteiger partial charge in [-0.25, -0.2) is 0 Å². The Kier molecular flexibility index (Phi) is 6.54. The fourth-order valence-corrected chi connectivity index (χ4v) is 10.6. The second-order valence-electron chi connectivity index (χ2n) is 14.4. The highest BCUT2D eigenvalue weighted by molar-refractivity contribution is 5.93. The van der Waals surface area contributed by atoms with Gasteiger partial charge in [0.15, 0.2) is 23.5 Å². The number of allylic oxidation sites excluding steroid dienone is 4. The van der Waals surface area contributed by atoms with Crippen molar-refractivity contribution in [2.45, 2.75) is 115 Å². The summed E-state index contributed by atoms with van der Waals surface area (Å²) < 4.78 is 13.9. The van der Waals surface area contributed by atoms with Crippen LogP contribution >= 0.6 is 0 Å². The predicted molar refractivity (Wildman–Crippen MR) is 148 cm³/mol. The molecule has 6 heteroatoms. The van der Waals surface area contributed by atoms with Gasteiger partial charge in [0.2, 0.25) is 0 Å². The molecule has 2 saturated heterocycles. The molecule has 6 nitrogen and oxygen atoms in total. The van der Waals surface area contributed by atoms with E-state index in [9.17, 15) is 14.7 Å². The molecule has 3 saturated carbocycles. The van der Waals surface area contributed by atoms with Crippen LogP contribution in [0.1, 0.15) is 90.9 Å². The summed E-state index contributed by atoms with van der Waals surface area (Å²) in [6.45, 7) is 6.84. The third-order valence-corrected chi connectivity index (χ3v) is 12.5. The Morgan fingerprint density at radius 3 is 2.62 bits per heavy atom. The van der Waals surface area contributed by atoms with Crippen molar-refractivity contribution in [3.05, 3.63) is 23.8 Å². The van der Waals surface area contributed by atoms with Crippen molar-refractivity contribution in [2.75, 3.05) is 19.6 Å². The summed E-state index contributed by atoms with van der Waals surface area (Å²) in [4.78, 5) is 29.2. The van der Waals surface area contributed by atoms with Crippen molar-refractivity contribution >= 4 is 11.6 Å². The molecule has 0 aromatic carbocycles. The van der Waals surface area contributed by atoms with Crippen molar-refractivity contribution in [3.8, 4) is 0 Å². The average Bonchev–Trinajstić information content (AvgIpc) is 3.43. The molecule has 214 valence electrons. The molecule has 0 radical (unpaired) electrons. The van der Waals surface area contributed by atoms with Crippen LogP contribution in [-0.4, -0.2) is 65.3 Å². The number of aliphatic hydroxyl groups is 1. The van der Waals surface area contributed by atoms with Crippen LogP contribution in [0.2, 0.25) is 0 Å². The molecule has 0 spiro atoms. The summed E-state index contributed by atoms with van der Waals surface area (Å²) in [7, 11) is 0. The van der Waals surface area contributed by atoms with Gasteiger partial charge in [0.1, 0.15) is 0 Å². The largest absolute Gasteiger partial charge is 0.393 e. The number of hydrogen-bond acceptors (Lipinski definition) is 6. The summed E-state index contributed by atoms with van der Waals surface area (Å²) in [6.07, 6.45) is 17.1. The van der Waals surface area contributed by atoms with Crippen molar-refractivity contribution < 1.29 is 24.2 Å². The number of carbonyl (C=O) groups excluding carboxylic acids is 2. The fraction of sp³-hybridized carbons (Fsp3) is 0.818. The van der Waals surface area contributed by atoms with Gasteiger partial charge in [-0.3, -0.25) is 14.5 Å². The first-order valence-corrected chi connectivity index (χ1v) is 15.9. The highest BCUT2D eigenvalue weighted by Gasteiger charge is 2.76. The molecule has 7 aliphatic rings. The second-order valence-corrected chi connectivity index (χ2v) is 14.4. The molecule has 7 rings (SSSR count). The van der Waals surface area contributed by atoms with Gasteiger partial charge >= 0.3 is 0 Å². The van der Waals surface area contributed by atoms with E-state index in [-0.39, 0.29) is 47.1 Å². The van der Waals surface area contributed by atoms with Crippen LogP contribution < -0.4 is 0 Å². The Morgan fingerprint density at radius 2 is 1.85 bits per heavy atom. The fourth-order valence-electron chi connectivity index (χ4n) is 10.6. The molecule has 2 heterocycles. The van der Waals surface area contributed by atoms with Gasteiger partial charge in [0.05, 0.1) is 18.8 Å². The number of piperidine rings is 1.